The Morgan fingerprint density at radius 1 is 1.45 bits per heavy atom. The molecule has 1 aromatic rings. The molecule has 2 unspecified atom stereocenters. The van der Waals surface area contributed by atoms with Gasteiger partial charge >= 0.3 is 5.97 Å². The molecular formula is C14H20N2O4. The average molecular weight is 280 g/mol. The third kappa shape index (κ3) is 2.84. The lowest BCUT2D eigenvalue weighted by molar-refractivity contribution is -0.143. The molecule has 2 rings (SSSR count). The monoisotopic (exact) mass is 280 g/mol. The highest BCUT2D eigenvalue weighted by atomic mass is 16.5. The van der Waals surface area contributed by atoms with Gasteiger partial charge in [0.05, 0.1) is 5.92 Å². The van der Waals surface area contributed by atoms with Gasteiger partial charge in [-0.05, 0) is 19.8 Å². The molecule has 2 heterocycles. The molecule has 1 saturated heterocycles. The zero-order valence-electron chi connectivity index (χ0n) is 12.0. The lowest BCUT2D eigenvalue weighted by atomic mass is 9.93. The number of carboxylic acid groups (broad SMARTS) is 1. The zero-order valence-corrected chi connectivity index (χ0v) is 12.0. The Bertz CT molecular complexity index is 509. The minimum absolute atomic E-state index is 0.0253. The summed E-state index contributed by atoms with van der Waals surface area (Å²) in [6.45, 7) is 6.08. The summed E-state index contributed by atoms with van der Waals surface area (Å²) in [5, 5.41) is 12.9. The van der Waals surface area contributed by atoms with Gasteiger partial charge in [-0.3, -0.25) is 9.59 Å². The van der Waals surface area contributed by atoms with Gasteiger partial charge in [-0.2, -0.15) is 0 Å². The van der Waals surface area contributed by atoms with Gasteiger partial charge in [0.2, 0.25) is 0 Å². The van der Waals surface area contributed by atoms with Crippen molar-refractivity contribution in [1.82, 2.24) is 10.1 Å². The normalized spacial score (nSPS) is 23.1. The Morgan fingerprint density at radius 2 is 2.15 bits per heavy atom. The smallest absolute Gasteiger partial charge is 0.308 e. The van der Waals surface area contributed by atoms with E-state index in [1.807, 2.05) is 20.8 Å². The lowest BCUT2D eigenvalue weighted by Gasteiger charge is -2.35. The fourth-order valence-electron chi connectivity index (χ4n) is 2.40. The standard InChI is InChI=1S/C14H20N2O4/c1-8(2)12-6-11(15-20-12)13(17)16-7-10(14(18)19)5-4-9(16)3/h6,8-10H,4-5,7H2,1-3H3,(H,18,19). The van der Waals surface area contributed by atoms with E-state index in [4.69, 9.17) is 9.63 Å². The minimum Gasteiger partial charge on any atom is -0.481 e. The van der Waals surface area contributed by atoms with Crippen LogP contribution in [0.25, 0.3) is 0 Å². The van der Waals surface area contributed by atoms with Crippen LogP contribution in [0, 0.1) is 5.92 Å². The van der Waals surface area contributed by atoms with Gasteiger partial charge in [0.1, 0.15) is 5.76 Å². The number of amides is 1. The molecule has 6 nitrogen and oxygen atoms in total. The van der Waals surface area contributed by atoms with Crippen LogP contribution >= 0.6 is 0 Å². The summed E-state index contributed by atoms with van der Waals surface area (Å²) in [6, 6.07) is 1.67. The lowest BCUT2D eigenvalue weighted by Crippen LogP contribution is -2.47. The second kappa shape index (κ2) is 5.64. The third-order valence-electron chi connectivity index (χ3n) is 3.81. The largest absolute Gasteiger partial charge is 0.481 e. The van der Waals surface area contributed by atoms with Crippen molar-refractivity contribution in [3.8, 4) is 0 Å². The van der Waals surface area contributed by atoms with Crippen molar-refractivity contribution in [3.05, 3.63) is 17.5 Å². The highest BCUT2D eigenvalue weighted by molar-refractivity contribution is 5.93. The van der Waals surface area contributed by atoms with Crippen molar-refractivity contribution in [1.29, 1.82) is 0 Å². The fraction of sp³-hybridized carbons (Fsp3) is 0.643. The molecule has 0 radical (unpaired) electrons. The second-order valence-electron chi connectivity index (χ2n) is 5.69. The highest BCUT2D eigenvalue weighted by Crippen LogP contribution is 2.24. The summed E-state index contributed by atoms with van der Waals surface area (Å²) in [4.78, 5) is 25.1. The molecule has 0 saturated carbocycles. The predicted molar refractivity (Wildman–Crippen MR) is 71.5 cm³/mol. The summed E-state index contributed by atoms with van der Waals surface area (Å²) in [7, 11) is 0. The number of carboxylic acids is 1. The quantitative estimate of drug-likeness (QED) is 0.916. The van der Waals surface area contributed by atoms with Gasteiger partial charge in [-0.25, -0.2) is 0 Å². The minimum atomic E-state index is -0.849. The predicted octanol–water partition coefficient (Wildman–Crippen LogP) is 2.12. The number of rotatable bonds is 3. The van der Waals surface area contributed by atoms with Crippen molar-refractivity contribution in [2.75, 3.05) is 6.54 Å². The molecule has 6 heteroatoms. The van der Waals surface area contributed by atoms with Gasteiger partial charge in [0.25, 0.3) is 5.91 Å². The van der Waals surface area contributed by atoms with E-state index in [0.29, 0.717) is 18.6 Å². The van der Waals surface area contributed by atoms with Crippen molar-refractivity contribution >= 4 is 11.9 Å². The van der Waals surface area contributed by atoms with Crippen LogP contribution in [0.1, 0.15) is 55.8 Å². The van der Waals surface area contributed by atoms with Crippen molar-refractivity contribution in [3.63, 3.8) is 0 Å². The Balaban J connectivity index is 2.15. The zero-order chi connectivity index (χ0) is 14.9. The number of carbonyl (C=O) groups is 2. The molecule has 0 bridgehead atoms. The van der Waals surface area contributed by atoms with Gasteiger partial charge in [0.15, 0.2) is 5.69 Å². The van der Waals surface area contributed by atoms with E-state index >= 15 is 0 Å². The molecule has 0 spiro atoms. The van der Waals surface area contributed by atoms with E-state index in [-0.39, 0.29) is 30.1 Å². The first-order valence-electron chi connectivity index (χ1n) is 6.90. The van der Waals surface area contributed by atoms with Crippen LogP contribution in [-0.2, 0) is 4.79 Å². The SMILES string of the molecule is CC(C)c1cc(C(=O)N2CC(C(=O)O)CCC2C)no1. The molecule has 20 heavy (non-hydrogen) atoms. The van der Waals surface area contributed by atoms with E-state index in [9.17, 15) is 9.59 Å². The first kappa shape index (κ1) is 14.6. The van der Waals surface area contributed by atoms with E-state index in [0.717, 1.165) is 0 Å². The Hall–Kier alpha value is -1.85. The molecule has 110 valence electrons. The van der Waals surface area contributed by atoms with E-state index in [2.05, 4.69) is 5.16 Å². The molecule has 0 aliphatic carbocycles. The Labute approximate surface area is 117 Å². The molecule has 1 aromatic heterocycles. The number of carbonyl (C=O) groups excluding carboxylic acids is 1. The number of hydrogen-bond acceptors (Lipinski definition) is 4. The maximum atomic E-state index is 12.4. The van der Waals surface area contributed by atoms with Gasteiger partial charge in [0, 0.05) is 24.6 Å². The fourth-order valence-corrected chi connectivity index (χ4v) is 2.40. The van der Waals surface area contributed by atoms with Gasteiger partial charge < -0.3 is 14.5 Å². The van der Waals surface area contributed by atoms with Crippen molar-refractivity contribution in [2.45, 2.75) is 45.6 Å². The molecule has 2 atom stereocenters. The number of nitrogens with zero attached hydrogens (tertiary/aromatic N) is 2. The molecule has 1 N–H and O–H groups in total. The van der Waals surface area contributed by atoms with Crippen LogP contribution in [0.3, 0.4) is 0 Å². The second-order valence-corrected chi connectivity index (χ2v) is 5.69. The van der Waals surface area contributed by atoms with E-state index < -0.39 is 11.9 Å². The summed E-state index contributed by atoms with van der Waals surface area (Å²) < 4.78 is 5.13. The molecule has 1 fully saturated rings. The van der Waals surface area contributed by atoms with Crippen LogP contribution in [0.4, 0.5) is 0 Å². The van der Waals surface area contributed by atoms with E-state index in [1.165, 1.54) is 0 Å². The number of piperidine rings is 1. The highest BCUT2D eigenvalue weighted by Gasteiger charge is 2.34. The maximum absolute atomic E-state index is 12.4. The molecule has 1 amide bonds. The summed E-state index contributed by atoms with van der Waals surface area (Å²) in [5.41, 5.74) is 0.256. The maximum Gasteiger partial charge on any atom is 0.308 e. The molecule has 1 aliphatic heterocycles. The van der Waals surface area contributed by atoms with Gasteiger partial charge in [-0.15, -0.1) is 0 Å². The average Bonchev–Trinajstić information content (AvgIpc) is 2.88. The van der Waals surface area contributed by atoms with Crippen molar-refractivity contribution < 1.29 is 19.2 Å². The first-order valence-corrected chi connectivity index (χ1v) is 6.90. The summed E-state index contributed by atoms with van der Waals surface area (Å²) >= 11 is 0. The van der Waals surface area contributed by atoms with Crippen LogP contribution in [0.15, 0.2) is 10.6 Å². The number of hydrogen-bond donors (Lipinski definition) is 1. The third-order valence-corrected chi connectivity index (χ3v) is 3.81. The molecule has 1 aliphatic rings. The van der Waals surface area contributed by atoms with Crippen LogP contribution in [-0.4, -0.2) is 39.6 Å². The molecular weight excluding hydrogens is 260 g/mol. The number of aliphatic carboxylic acids is 1. The topological polar surface area (TPSA) is 83.6 Å². The first-order chi connectivity index (χ1) is 9.40. The van der Waals surface area contributed by atoms with Gasteiger partial charge in [-0.1, -0.05) is 19.0 Å². The summed E-state index contributed by atoms with van der Waals surface area (Å²) in [6.07, 6.45) is 1.30. The van der Waals surface area contributed by atoms with Crippen LogP contribution in [0.5, 0.6) is 0 Å². The van der Waals surface area contributed by atoms with E-state index in [1.54, 1.807) is 11.0 Å². The number of aromatic nitrogens is 1. The van der Waals surface area contributed by atoms with Crippen LogP contribution < -0.4 is 0 Å². The molecule has 0 aromatic carbocycles. The Morgan fingerprint density at radius 3 is 2.70 bits per heavy atom. The van der Waals surface area contributed by atoms with Crippen LogP contribution in [0.2, 0.25) is 0 Å². The summed E-state index contributed by atoms with van der Waals surface area (Å²) in [5.74, 6) is -0.772. The Kier molecular flexibility index (Phi) is 4.11. The van der Waals surface area contributed by atoms with Crippen molar-refractivity contribution in [2.24, 2.45) is 5.92 Å². The number of likely N-dealkylation sites (tertiary alicyclic amines) is 1.